The van der Waals surface area contributed by atoms with Crippen LogP contribution in [0.25, 0.3) is 0 Å². The molecule has 0 aromatic carbocycles. The van der Waals surface area contributed by atoms with Crippen LogP contribution in [0.2, 0.25) is 0 Å². The topological polar surface area (TPSA) is 0 Å². The van der Waals surface area contributed by atoms with Gasteiger partial charge >= 0.3 is 0 Å². The molecule has 0 spiro atoms. The maximum atomic E-state index is 13.8. The Balaban J connectivity index is 4.33. The third kappa shape index (κ3) is 4.43. The van der Waals surface area contributed by atoms with Crippen molar-refractivity contribution >= 4 is 0 Å². The molecule has 0 fully saturated rings. The fourth-order valence-electron chi connectivity index (χ4n) is 2.11. The van der Waals surface area contributed by atoms with Crippen molar-refractivity contribution in [2.24, 2.45) is 17.8 Å². The van der Waals surface area contributed by atoms with Crippen molar-refractivity contribution in [3.05, 3.63) is 0 Å². The summed E-state index contributed by atoms with van der Waals surface area (Å²) in [6, 6.07) is 0. The Morgan fingerprint density at radius 3 is 1.93 bits per heavy atom. The van der Waals surface area contributed by atoms with Crippen molar-refractivity contribution in [3.8, 4) is 0 Å². The Bertz CT molecular complexity index is 144. The molecule has 0 rings (SSSR count). The van der Waals surface area contributed by atoms with E-state index < -0.39 is 5.67 Å². The van der Waals surface area contributed by atoms with Gasteiger partial charge in [-0.2, -0.15) is 0 Å². The summed E-state index contributed by atoms with van der Waals surface area (Å²) in [6.07, 6.45) is 3.61. The molecule has 1 heteroatoms. The monoisotopic (exact) mass is 202 g/mol. The lowest BCUT2D eigenvalue weighted by molar-refractivity contribution is 0.0660. The van der Waals surface area contributed by atoms with E-state index in [1.165, 1.54) is 19.3 Å². The van der Waals surface area contributed by atoms with Gasteiger partial charge in [0.05, 0.1) is 0 Å². The zero-order chi connectivity index (χ0) is 11.4. The highest BCUT2D eigenvalue weighted by Crippen LogP contribution is 2.35. The van der Waals surface area contributed by atoms with E-state index in [1.807, 2.05) is 0 Å². The molecular formula is C13H27F. The van der Waals surface area contributed by atoms with Crippen molar-refractivity contribution in [2.45, 2.75) is 66.5 Å². The first-order chi connectivity index (χ1) is 6.30. The van der Waals surface area contributed by atoms with E-state index in [-0.39, 0.29) is 5.92 Å². The Morgan fingerprint density at radius 1 is 1.14 bits per heavy atom. The molecule has 0 aromatic rings. The number of hydrogen-bond acceptors (Lipinski definition) is 0. The Hall–Kier alpha value is -0.0700. The zero-order valence-electron chi connectivity index (χ0n) is 10.7. The van der Waals surface area contributed by atoms with Gasteiger partial charge < -0.3 is 0 Å². The van der Waals surface area contributed by atoms with Crippen LogP contribution in [0.3, 0.4) is 0 Å². The van der Waals surface area contributed by atoms with Crippen molar-refractivity contribution in [2.75, 3.05) is 0 Å². The second-order valence-corrected chi connectivity index (χ2v) is 5.40. The lowest BCUT2D eigenvalue weighted by Gasteiger charge is -2.34. The molecule has 0 aliphatic rings. The summed E-state index contributed by atoms with van der Waals surface area (Å²) >= 11 is 0. The molecule has 0 radical (unpaired) electrons. The van der Waals surface area contributed by atoms with Crippen LogP contribution >= 0.6 is 0 Å². The van der Waals surface area contributed by atoms with Gasteiger partial charge in [0.1, 0.15) is 5.67 Å². The quantitative estimate of drug-likeness (QED) is 0.578. The van der Waals surface area contributed by atoms with Crippen LogP contribution in [0.15, 0.2) is 0 Å². The third-order valence-corrected chi connectivity index (χ3v) is 3.47. The standard InChI is InChI=1S/C13H27F/c1-7-8-9-12(10(2)3)11(4)13(5,6)14/h10-12H,7-9H2,1-6H3. The predicted molar refractivity (Wildman–Crippen MR) is 62.2 cm³/mol. The summed E-state index contributed by atoms with van der Waals surface area (Å²) in [5, 5.41) is 0. The smallest absolute Gasteiger partial charge is 0.108 e. The van der Waals surface area contributed by atoms with Crippen molar-refractivity contribution in [3.63, 3.8) is 0 Å². The van der Waals surface area contributed by atoms with Crippen molar-refractivity contribution in [1.29, 1.82) is 0 Å². The molecule has 2 atom stereocenters. The zero-order valence-corrected chi connectivity index (χ0v) is 10.7. The van der Waals surface area contributed by atoms with E-state index >= 15 is 0 Å². The molecule has 0 saturated heterocycles. The molecule has 0 aliphatic heterocycles. The average Bonchev–Trinajstić information content (AvgIpc) is 2.02. The summed E-state index contributed by atoms with van der Waals surface area (Å²) in [5.41, 5.74) is -1.04. The summed E-state index contributed by atoms with van der Waals surface area (Å²) in [7, 11) is 0. The first-order valence-electron chi connectivity index (χ1n) is 5.99. The summed E-state index contributed by atoms with van der Waals surface area (Å²) < 4.78 is 13.8. The first kappa shape index (κ1) is 13.9. The molecule has 2 unspecified atom stereocenters. The number of halogens is 1. The fraction of sp³-hybridized carbons (Fsp3) is 1.00. The predicted octanol–water partition coefficient (Wildman–Crippen LogP) is 4.83. The minimum atomic E-state index is -1.04. The van der Waals surface area contributed by atoms with Crippen LogP contribution in [0.1, 0.15) is 60.8 Å². The van der Waals surface area contributed by atoms with Gasteiger partial charge in [0.2, 0.25) is 0 Å². The van der Waals surface area contributed by atoms with Crippen LogP contribution in [-0.4, -0.2) is 5.67 Å². The number of rotatable bonds is 6. The van der Waals surface area contributed by atoms with Gasteiger partial charge in [0, 0.05) is 0 Å². The van der Waals surface area contributed by atoms with Crippen LogP contribution in [0.5, 0.6) is 0 Å². The van der Waals surface area contributed by atoms with Crippen LogP contribution in [0.4, 0.5) is 4.39 Å². The average molecular weight is 202 g/mol. The van der Waals surface area contributed by atoms with Crippen molar-refractivity contribution < 1.29 is 4.39 Å². The second kappa shape index (κ2) is 5.72. The van der Waals surface area contributed by atoms with Gasteiger partial charge in [0.25, 0.3) is 0 Å². The highest BCUT2D eigenvalue weighted by Gasteiger charge is 2.32. The van der Waals surface area contributed by atoms with E-state index in [2.05, 4.69) is 27.7 Å². The van der Waals surface area contributed by atoms with E-state index in [0.717, 1.165) is 0 Å². The number of unbranched alkanes of at least 4 members (excludes halogenated alkanes) is 1. The molecule has 0 N–H and O–H groups in total. The largest absolute Gasteiger partial charge is 0.244 e. The van der Waals surface area contributed by atoms with Gasteiger partial charge in [-0.25, -0.2) is 4.39 Å². The first-order valence-corrected chi connectivity index (χ1v) is 5.99. The molecule has 0 saturated carbocycles. The minimum Gasteiger partial charge on any atom is -0.244 e. The summed E-state index contributed by atoms with van der Waals surface area (Å²) in [4.78, 5) is 0. The molecule has 0 amide bonds. The number of alkyl halides is 1. The van der Waals surface area contributed by atoms with E-state index in [4.69, 9.17) is 0 Å². The lowest BCUT2D eigenvalue weighted by Crippen LogP contribution is -2.32. The SMILES string of the molecule is CCCCC(C(C)C)C(C)C(C)(C)F. The molecule has 0 bridgehead atoms. The second-order valence-electron chi connectivity index (χ2n) is 5.40. The summed E-state index contributed by atoms with van der Waals surface area (Å²) in [6.45, 7) is 12.1. The van der Waals surface area contributed by atoms with Crippen LogP contribution in [-0.2, 0) is 0 Å². The molecule has 0 heterocycles. The van der Waals surface area contributed by atoms with Gasteiger partial charge in [-0.15, -0.1) is 0 Å². The Morgan fingerprint density at radius 2 is 1.64 bits per heavy atom. The van der Waals surface area contributed by atoms with E-state index in [1.54, 1.807) is 13.8 Å². The molecule has 0 nitrogen and oxygen atoms in total. The fourth-order valence-corrected chi connectivity index (χ4v) is 2.11. The van der Waals surface area contributed by atoms with Crippen LogP contribution in [0, 0.1) is 17.8 Å². The molecule has 0 aromatic heterocycles. The van der Waals surface area contributed by atoms with Gasteiger partial charge in [-0.3, -0.25) is 0 Å². The number of hydrogen-bond donors (Lipinski definition) is 0. The van der Waals surface area contributed by atoms with E-state index in [9.17, 15) is 4.39 Å². The maximum Gasteiger partial charge on any atom is 0.108 e. The highest BCUT2D eigenvalue weighted by atomic mass is 19.1. The molecule has 14 heavy (non-hydrogen) atoms. The van der Waals surface area contributed by atoms with E-state index in [0.29, 0.717) is 11.8 Å². The normalized spacial score (nSPS) is 17.1. The van der Waals surface area contributed by atoms with Crippen LogP contribution < -0.4 is 0 Å². The minimum absolute atomic E-state index is 0.161. The van der Waals surface area contributed by atoms with Crippen molar-refractivity contribution in [1.82, 2.24) is 0 Å². The van der Waals surface area contributed by atoms with Gasteiger partial charge in [-0.05, 0) is 38.0 Å². The highest BCUT2D eigenvalue weighted by molar-refractivity contribution is 4.82. The lowest BCUT2D eigenvalue weighted by atomic mass is 9.74. The maximum absolute atomic E-state index is 13.8. The third-order valence-electron chi connectivity index (χ3n) is 3.47. The Labute approximate surface area is 89.3 Å². The Kier molecular flexibility index (Phi) is 5.70. The molecular weight excluding hydrogens is 175 g/mol. The van der Waals surface area contributed by atoms with Gasteiger partial charge in [-0.1, -0.05) is 40.5 Å². The molecule has 86 valence electrons. The van der Waals surface area contributed by atoms with Gasteiger partial charge in [0.15, 0.2) is 0 Å². The molecule has 0 aliphatic carbocycles. The summed E-state index contributed by atoms with van der Waals surface area (Å²) in [5.74, 6) is 1.27.